The van der Waals surface area contributed by atoms with Crippen LogP contribution in [0.4, 0.5) is 4.79 Å². The van der Waals surface area contributed by atoms with Crippen molar-refractivity contribution in [2.45, 2.75) is 38.1 Å². The number of nitrogens with one attached hydrogen (secondary N) is 2. The van der Waals surface area contributed by atoms with E-state index < -0.39 is 5.97 Å². The van der Waals surface area contributed by atoms with E-state index in [0.29, 0.717) is 18.9 Å². The highest BCUT2D eigenvalue weighted by Gasteiger charge is 2.27. The zero-order chi connectivity index (χ0) is 13.7. The number of carbonyl (C=O) groups is 2. The van der Waals surface area contributed by atoms with Crippen molar-refractivity contribution in [3.8, 4) is 0 Å². The van der Waals surface area contributed by atoms with Gasteiger partial charge in [-0.2, -0.15) is 0 Å². The average molecular weight is 269 g/mol. The number of urea groups is 1. The van der Waals surface area contributed by atoms with Crippen LogP contribution in [0.1, 0.15) is 32.1 Å². The first-order valence-electron chi connectivity index (χ1n) is 7.13. The molecule has 108 valence electrons. The Morgan fingerprint density at radius 1 is 1.26 bits per heavy atom. The van der Waals surface area contributed by atoms with Crippen LogP contribution >= 0.6 is 0 Å². The molecule has 0 aromatic rings. The Morgan fingerprint density at radius 3 is 2.68 bits per heavy atom. The lowest BCUT2D eigenvalue weighted by atomic mass is 10.0. The molecule has 0 aliphatic carbocycles. The summed E-state index contributed by atoms with van der Waals surface area (Å²) in [6.07, 6.45) is 3.78. The van der Waals surface area contributed by atoms with Crippen molar-refractivity contribution < 1.29 is 14.7 Å². The van der Waals surface area contributed by atoms with Gasteiger partial charge in [0, 0.05) is 25.6 Å². The van der Waals surface area contributed by atoms with Crippen LogP contribution in [0.25, 0.3) is 0 Å². The summed E-state index contributed by atoms with van der Waals surface area (Å²) in [6.45, 7) is 3.38. The molecule has 0 radical (unpaired) electrons. The van der Waals surface area contributed by atoms with Gasteiger partial charge in [0.1, 0.15) is 0 Å². The van der Waals surface area contributed by atoms with E-state index in [9.17, 15) is 9.59 Å². The lowest BCUT2D eigenvalue weighted by Crippen LogP contribution is -2.47. The molecular weight excluding hydrogens is 246 g/mol. The average Bonchev–Trinajstić information content (AvgIpc) is 2.86. The van der Waals surface area contributed by atoms with E-state index in [0.717, 1.165) is 38.9 Å². The third-order valence-corrected chi connectivity index (χ3v) is 4.01. The molecule has 0 aromatic carbocycles. The summed E-state index contributed by atoms with van der Waals surface area (Å²) in [4.78, 5) is 24.4. The van der Waals surface area contributed by atoms with Crippen molar-refractivity contribution in [1.29, 1.82) is 0 Å². The van der Waals surface area contributed by atoms with Crippen molar-refractivity contribution in [3.63, 3.8) is 0 Å². The maximum Gasteiger partial charge on any atom is 0.317 e. The van der Waals surface area contributed by atoms with Crippen molar-refractivity contribution in [3.05, 3.63) is 0 Å². The van der Waals surface area contributed by atoms with E-state index in [-0.39, 0.29) is 18.5 Å². The van der Waals surface area contributed by atoms with E-state index in [4.69, 9.17) is 5.11 Å². The number of nitrogens with zero attached hydrogens (tertiary/aromatic N) is 1. The van der Waals surface area contributed by atoms with Gasteiger partial charge in [-0.15, -0.1) is 0 Å². The minimum absolute atomic E-state index is 0.0183. The predicted octanol–water partition coefficient (Wildman–Crippen LogP) is 0.635. The molecule has 3 N–H and O–H groups in total. The van der Waals surface area contributed by atoms with Crippen LogP contribution in [-0.4, -0.2) is 54.2 Å². The molecule has 2 aliphatic rings. The van der Waals surface area contributed by atoms with Crippen molar-refractivity contribution in [1.82, 2.24) is 15.5 Å². The van der Waals surface area contributed by atoms with E-state index in [1.165, 1.54) is 0 Å². The van der Waals surface area contributed by atoms with Gasteiger partial charge in [0.25, 0.3) is 0 Å². The molecule has 1 atom stereocenters. The zero-order valence-corrected chi connectivity index (χ0v) is 11.2. The highest BCUT2D eigenvalue weighted by atomic mass is 16.4. The van der Waals surface area contributed by atoms with Gasteiger partial charge >= 0.3 is 12.0 Å². The third-order valence-electron chi connectivity index (χ3n) is 4.01. The van der Waals surface area contributed by atoms with Crippen LogP contribution in [0.5, 0.6) is 0 Å². The first-order valence-corrected chi connectivity index (χ1v) is 7.13. The molecule has 0 bridgehead atoms. The Morgan fingerprint density at radius 2 is 2.00 bits per heavy atom. The SMILES string of the molecule is O=C(O)CCC1CCN(C(=O)NC2CCNCC2)C1. The van der Waals surface area contributed by atoms with Crippen LogP contribution in [0.3, 0.4) is 0 Å². The Kier molecular flexibility index (Phi) is 5.01. The van der Waals surface area contributed by atoms with Gasteiger partial charge in [0.2, 0.25) is 0 Å². The number of aliphatic carboxylic acids is 1. The highest BCUT2D eigenvalue weighted by Crippen LogP contribution is 2.21. The summed E-state index contributed by atoms with van der Waals surface area (Å²) < 4.78 is 0. The molecular formula is C13H23N3O3. The van der Waals surface area contributed by atoms with Crippen molar-refractivity contribution >= 4 is 12.0 Å². The number of carbonyl (C=O) groups excluding carboxylic acids is 1. The van der Waals surface area contributed by atoms with Gasteiger partial charge < -0.3 is 20.6 Å². The summed E-state index contributed by atoms with van der Waals surface area (Å²) in [6, 6.07) is 0.302. The molecule has 6 nitrogen and oxygen atoms in total. The van der Waals surface area contributed by atoms with Crippen molar-refractivity contribution in [2.24, 2.45) is 5.92 Å². The molecule has 2 fully saturated rings. The van der Waals surface area contributed by atoms with Crippen LogP contribution in [0.15, 0.2) is 0 Å². The summed E-state index contributed by atoms with van der Waals surface area (Å²) in [5.41, 5.74) is 0. The standard InChI is InChI=1S/C13H23N3O3/c17-12(18)2-1-10-5-8-16(9-10)13(19)15-11-3-6-14-7-4-11/h10-11,14H,1-9H2,(H,15,19)(H,17,18). The first-order chi connectivity index (χ1) is 9.15. The Labute approximate surface area is 113 Å². The monoisotopic (exact) mass is 269 g/mol. The second-order valence-corrected chi connectivity index (χ2v) is 5.51. The summed E-state index contributed by atoms with van der Waals surface area (Å²) in [7, 11) is 0. The molecule has 6 heteroatoms. The van der Waals surface area contributed by atoms with Crippen LogP contribution in [0, 0.1) is 5.92 Å². The molecule has 1 unspecified atom stereocenters. The second-order valence-electron chi connectivity index (χ2n) is 5.51. The molecule has 2 saturated heterocycles. The fraction of sp³-hybridized carbons (Fsp3) is 0.846. The van der Waals surface area contributed by atoms with Gasteiger partial charge in [-0.3, -0.25) is 4.79 Å². The number of likely N-dealkylation sites (tertiary alicyclic amines) is 1. The van der Waals surface area contributed by atoms with Crippen LogP contribution in [0.2, 0.25) is 0 Å². The maximum absolute atomic E-state index is 12.1. The van der Waals surface area contributed by atoms with Gasteiger partial charge in [-0.1, -0.05) is 0 Å². The fourth-order valence-corrected chi connectivity index (χ4v) is 2.81. The molecule has 0 spiro atoms. The van der Waals surface area contributed by atoms with Crippen molar-refractivity contribution in [2.75, 3.05) is 26.2 Å². The summed E-state index contributed by atoms with van der Waals surface area (Å²) in [5.74, 6) is -0.410. The first kappa shape index (κ1) is 14.1. The number of hydrogen-bond donors (Lipinski definition) is 3. The van der Waals surface area contributed by atoms with Gasteiger partial charge in [0.05, 0.1) is 0 Å². The maximum atomic E-state index is 12.1. The van der Waals surface area contributed by atoms with Gasteiger partial charge in [0.15, 0.2) is 0 Å². The largest absolute Gasteiger partial charge is 0.481 e. The minimum atomic E-state index is -0.752. The second kappa shape index (κ2) is 6.75. The number of piperidine rings is 1. The highest BCUT2D eigenvalue weighted by molar-refractivity contribution is 5.74. The Hall–Kier alpha value is -1.30. The number of amides is 2. The predicted molar refractivity (Wildman–Crippen MR) is 71.0 cm³/mol. The number of rotatable bonds is 4. The van der Waals surface area contributed by atoms with E-state index >= 15 is 0 Å². The molecule has 2 rings (SSSR count). The number of carboxylic acids is 1. The fourth-order valence-electron chi connectivity index (χ4n) is 2.81. The lowest BCUT2D eigenvalue weighted by Gasteiger charge is -2.26. The molecule has 0 saturated carbocycles. The van der Waals surface area contributed by atoms with E-state index in [2.05, 4.69) is 10.6 Å². The topological polar surface area (TPSA) is 81.7 Å². The smallest absolute Gasteiger partial charge is 0.317 e. The molecule has 2 amide bonds. The normalized spacial score (nSPS) is 24.4. The van der Waals surface area contributed by atoms with Gasteiger partial charge in [-0.25, -0.2) is 4.79 Å². The summed E-state index contributed by atoms with van der Waals surface area (Å²) in [5, 5.41) is 15.0. The quantitative estimate of drug-likeness (QED) is 0.699. The van der Waals surface area contributed by atoms with E-state index in [1.54, 1.807) is 0 Å². The zero-order valence-electron chi connectivity index (χ0n) is 11.2. The molecule has 2 aliphatic heterocycles. The molecule has 2 heterocycles. The molecule has 19 heavy (non-hydrogen) atoms. The minimum Gasteiger partial charge on any atom is -0.481 e. The number of hydrogen-bond acceptors (Lipinski definition) is 3. The molecule has 0 aromatic heterocycles. The summed E-state index contributed by atoms with van der Waals surface area (Å²) >= 11 is 0. The third kappa shape index (κ3) is 4.38. The number of carboxylic acid groups (broad SMARTS) is 1. The van der Waals surface area contributed by atoms with Gasteiger partial charge in [-0.05, 0) is 44.7 Å². The van der Waals surface area contributed by atoms with Crippen LogP contribution in [-0.2, 0) is 4.79 Å². The Balaban J connectivity index is 1.70. The lowest BCUT2D eigenvalue weighted by molar-refractivity contribution is -0.137. The Bertz CT molecular complexity index is 329. The van der Waals surface area contributed by atoms with E-state index in [1.807, 2.05) is 4.90 Å². The van der Waals surface area contributed by atoms with Crippen LogP contribution < -0.4 is 10.6 Å².